The molecule has 4 rings (SSSR count). The van der Waals surface area contributed by atoms with Crippen LogP contribution < -0.4 is 5.32 Å². The number of rotatable bonds is 7. The Labute approximate surface area is 180 Å². The van der Waals surface area contributed by atoms with Gasteiger partial charge >= 0.3 is 0 Å². The van der Waals surface area contributed by atoms with Gasteiger partial charge < -0.3 is 9.84 Å². The fraction of sp³-hybridized carbons (Fsp3) is 0.150. The van der Waals surface area contributed by atoms with Crippen LogP contribution in [0.15, 0.2) is 52.5 Å². The van der Waals surface area contributed by atoms with E-state index >= 15 is 0 Å². The number of anilines is 1. The van der Waals surface area contributed by atoms with Crippen molar-refractivity contribution in [1.82, 2.24) is 20.1 Å². The summed E-state index contributed by atoms with van der Waals surface area (Å²) in [6.45, 7) is 1.68. The molecule has 31 heavy (non-hydrogen) atoms. The number of carbonyl (C=O) groups is 1. The van der Waals surface area contributed by atoms with Crippen molar-refractivity contribution in [3.63, 3.8) is 0 Å². The molecule has 0 saturated heterocycles. The molecule has 0 radical (unpaired) electrons. The van der Waals surface area contributed by atoms with Crippen LogP contribution in [0.2, 0.25) is 0 Å². The monoisotopic (exact) mass is 436 g/mol. The summed E-state index contributed by atoms with van der Waals surface area (Å²) in [6, 6.07) is 10.3. The standard InChI is InChI=1S/C20H16N6O4S/c1-12-5-6-13(10-16(12)26(28)29)15-11-31-20(22-15)23-17(27)7-8-18-24-19(25-30-18)14-4-2-3-9-21-14/h2-6,9-11H,7-8H2,1H3,(H,22,23,27). The number of nitro groups is 1. The Hall–Kier alpha value is -3.99. The molecule has 3 aromatic heterocycles. The molecule has 0 aliphatic heterocycles. The Morgan fingerprint density at radius 2 is 2.10 bits per heavy atom. The summed E-state index contributed by atoms with van der Waals surface area (Å²) in [5, 5.41) is 19.9. The molecule has 4 aromatic rings. The van der Waals surface area contributed by atoms with E-state index in [2.05, 4.69) is 25.4 Å². The first-order valence-corrected chi connectivity index (χ1v) is 10.1. The number of thiazole rings is 1. The summed E-state index contributed by atoms with van der Waals surface area (Å²) in [4.78, 5) is 35.7. The summed E-state index contributed by atoms with van der Waals surface area (Å²) in [6.07, 6.45) is 2.04. The number of benzene rings is 1. The molecule has 0 aliphatic rings. The average Bonchev–Trinajstić information content (AvgIpc) is 3.43. The Kier molecular flexibility index (Phi) is 5.76. The number of pyridine rings is 1. The number of hydrogen-bond donors (Lipinski definition) is 1. The van der Waals surface area contributed by atoms with Crippen molar-refractivity contribution in [1.29, 1.82) is 0 Å². The molecule has 0 unspecified atom stereocenters. The highest BCUT2D eigenvalue weighted by atomic mass is 32.1. The van der Waals surface area contributed by atoms with Gasteiger partial charge in [0.2, 0.25) is 17.6 Å². The number of nitrogens with zero attached hydrogens (tertiary/aromatic N) is 5. The molecule has 0 saturated carbocycles. The predicted octanol–water partition coefficient (Wildman–Crippen LogP) is 4.04. The van der Waals surface area contributed by atoms with Crippen molar-refractivity contribution in [3.05, 3.63) is 69.5 Å². The minimum Gasteiger partial charge on any atom is -0.339 e. The van der Waals surface area contributed by atoms with Crippen LogP contribution in [0.1, 0.15) is 17.9 Å². The summed E-state index contributed by atoms with van der Waals surface area (Å²) in [5.74, 6) is 0.448. The molecule has 11 heteroatoms. The lowest BCUT2D eigenvalue weighted by atomic mass is 10.1. The van der Waals surface area contributed by atoms with Crippen molar-refractivity contribution in [2.45, 2.75) is 19.8 Å². The Morgan fingerprint density at radius 3 is 2.87 bits per heavy atom. The molecule has 3 heterocycles. The number of aromatic nitrogens is 4. The normalized spacial score (nSPS) is 10.7. The molecule has 0 atom stereocenters. The predicted molar refractivity (Wildman–Crippen MR) is 113 cm³/mol. The lowest BCUT2D eigenvalue weighted by molar-refractivity contribution is -0.385. The van der Waals surface area contributed by atoms with Crippen molar-refractivity contribution < 1.29 is 14.2 Å². The molecule has 1 amide bonds. The summed E-state index contributed by atoms with van der Waals surface area (Å²) in [7, 11) is 0. The topological polar surface area (TPSA) is 137 Å². The van der Waals surface area contributed by atoms with Gasteiger partial charge in [-0.25, -0.2) is 4.98 Å². The van der Waals surface area contributed by atoms with Gasteiger partial charge in [0.1, 0.15) is 5.69 Å². The third-order valence-electron chi connectivity index (χ3n) is 4.38. The van der Waals surface area contributed by atoms with E-state index in [-0.39, 0.29) is 24.4 Å². The van der Waals surface area contributed by atoms with Gasteiger partial charge in [-0.05, 0) is 19.1 Å². The second-order valence-electron chi connectivity index (χ2n) is 6.57. The largest absolute Gasteiger partial charge is 0.339 e. The van der Waals surface area contributed by atoms with Crippen LogP contribution in [-0.2, 0) is 11.2 Å². The summed E-state index contributed by atoms with van der Waals surface area (Å²) in [5.41, 5.74) is 2.36. The maximum absolute atomic E-state index is 12.3. The zero-order valence-electron chi connectivity index (χ0n) is 16.3. The van der Waals surface area contributed by atoms with E-state index in [9.17, 15) is 14.9 Å². The minimum absolute atomic E-state index is 0.0284. The number of nitro benzene ring substituents is 1. The highest BCUT2D eigenvalue weighted by Crippen LogP contribution is 2.29. The van der Waals surface area contributed by atoms with E-state index in [0.717, 1.165) is 0 Å². The van der Waals surface area contributed by atoms with Gasteiger partial charge in [0.25, 0.3) is 5.69 Å². The van der Waals surface area contributed by atoms with E-state index in [1.54, 1.807) is 42.8 Å². The Bertz CT molecular complexity index is 1240. The zero-order chi connectivity index (χ0) is 21.8. The van der Waals surface area contributed by atoms with Gasteiger partial charge in [0.05, 0.1) is 10.6 Å². The van der Waals surface area contributed by atoms with Gasteiger partial charge in [-0.2, -0.15) is 4.98 Å². The molecule has 1 aromatic carbocycles. The highest BCUT2D eigenvalue weighted by molar-refractivity contribution is 7.14. The minimum atomic E-state index is -0.426. The smallest absolute Gasteiger partial charge is 0.272 e. The van der Waals surface area contributed by atoms with E-state index in [0.29, 0.717) is 39.4 Å². The second kappa shape index (κ2) is 8.79. The molecule has 0 spiro atoms. The molecule has 10 nitrogen and oxygen atoms in total. The van der Waals surface area contributed by atoms with Crippen LogP contribution in [-0.4, -0.2) is 30.9 Å². The Morgan fingerprint density at radius 1 is 1.23 bits per heavy atom. The molecular formula is C20H16N6O4S. The van der Waals surface area contributed by atoms with Gasteiger partial charge in [0.15, 0.2) is 5.13 Å². The molecular weight excluding hydrogens is 420 g/mol. The fourth-order valence-corrected chi connectivity index (χ4v) is 3.52. The van der Waals surface area contributed by atoms with Crippen LogP contribution in [0.5, 0.6) is 0 Å². The van der Waals surface area contributed by atoms with Crippen LogP contribution in [0.3, 0.4) is 0 Å². The lowest BCUT2D eigenvalue weighted by Crippen LogP contribution is -2.12. The number of carbonyl (C=O) groups excluding carboxylic acids is 1. The first-order valence-electron chi connectivity index (χ1n) is 9.24. The van der Waals surface area contributed by atoms with Gasteiger partial charge in [0, 0.05) is 41.6 Å². The van der Waals surface area contributed by atoms with E-state index in [4.69, 9.17) is 4.52 Å². The van der Waals surface area contributed by atoms with Crippen LogP contribution >= 0.6 is 11.3 Å². The first kappa shape index (κ1) is 20.3. The van der Waals surface area contributed by atoms with Crippen LogP contribution in [0, 0.1) is 17.0 Å². The van der Waals surface area contributed by atoms with Crippen LogP contribution in [0.25, 0.3) is 22.8 Å². The van der Waals surface area contributed by atoms with Gasteiger partial charge in [-0.15, -0.1) is 11.3 Å². The van der Waals surface area contributed by atoms with Crippen LogP contribution in [0.4, 0.5) is 10.8 Å². The lowest BCUT2D eigenvalue weighted by Gasteiger charge is -2.01. The highest BCUT2D eigenvalue weighted by Gasteiger charge is 2.15. The average molecular weight is 436 g/mol. The number of amides is 1. The van der Waals surface area contributed by atoms with Crippen molar-refractivity contribution in [2.24, 2.45) is 0 Å². The van der Waals surface area contributed by atoms with E-state index in [1.807, 2.05) is 6.07 Å². The van der Waals surface area contributed by atoms with E-state index < -0.39 is 4.92 Å². The van der Waals surface area contributed by atoms with Crippen molar-refractivity contribution in [3.8, 4) is 22.8 Å². The van der Waals surface area contributed by atoms with Gasteiger partial charge in [-0.3, -0.25) is 19.9 Å². The molecule has 0 fully saturated rings. The summed E-state index contributed by atoms with van der Waals surface area (Å²) < 4.78 is 5.17. The zero-order valence-corrected chi connectivity index (χ0v) is 17.1. The quantitative estimate of drug-likeness (QED) is 0.338. The number of nitrogens with one attached hydrogen (secondary N) is 1. The molecule has 0 aliphatic carbocycles. The molecule has 0 bridgehead atoms. The first-order chi connectivity index (χ1) is 15.0. The summed E-state index contributed by atoms with van der Waals surface area (Å²) >= 11 is 1.24. The van der Waals surface area contributed by atoms with E-state index in [1.165, 1.54) is 17.4 Å². The molecule has 156 valence electrons. The van der Waals surface area contributed by atoms with Gasteiger partial charge in [-0.1, -0.05) is 23.4 Å². The number of hydrogen-bond acceptors (Lipinski definition) is 9. The van der Waals surface area contributed by atoms with Crippen molar-refractivity contribution in [2.75, 3.05) is 5.32 Å². The Balaban J connectivity index is 1.36. The maximum Gasteiger partial charge on any atom is 0.272 e. The third-order valence-corrected chi connectivity index (χ3v) is 5.14. The fourth-order valence-electron chi connectivity index (χ4n) is 2.79. The second-order valence-corrected chi connectivity index (χ2v) is 7.43. The SMILES string of the molecule is Cc1ccc(-c2csc(NC(=O)CCc3nc(-c4ccccn4)no3)n2)cc1[N+](=O)[O-]. The maximum atomic E-state index is 12.3. The molecule has 1 N–H and O–H groups in total. The number of aryl methyl sites for hydroxylation is 2. The third kappa shape index (κ3) is 4.78. The van der Waals surface area contributed by atoms with Crippen molar-refractivity contribution >= 4 is 28.1 Å².